The number of piperidine rings is 1. The predicted molar refractivity (Wildman–Crippen MR) is 81.5 cm³/mol. The van der Waals surface area contributed by atoms with Gasteiger partial charge in [0, 0.05) is 19.3 Å². The maximum atomic E-state index is 5.77. The van der Waals surface area contributed by atoms with Crippen LogP contribution in [0.15, 0.2) is 18.3 Å². The number of ether oxygens (including phenoxy) is 1. The van der Waals surface area contributed by atoms with E-state index in [0.717, 1.165) is 25.9 Å². The van der Waals surface area contributed by atoms with Crippen LogP contribution >= 0.6 is 37.2 Å². The third kappa shape index (κ3) is 5.48. The molecular formula is C11H20Cl3N3O. The molecule has 0 atom stereocenters. The zero-order valence-corrected chi connectivity index (χ0v) is 12.7. The number of anilines is 1. The second kappa shape index (κ2) is 9.50. The van der Waals surface area contributed by atoms with E-state index in [2.05, 4.69) is 16.9 Å². The molecule has 0 spiro atoms. The number of aromatic nitrogens is 1. The molecule has 0 amide bonds. The molecule has 1 saturated heterocycles. The summed E-state index contributed by atoms with van der Waals surface area (Å²) in [6.07, 6.45) is 4.07. The molecule has 0 aromatic carbocycles. The fourth-order valence-electron chi connectivity index (χ4n) is 1.76. The molecule has 1 aliphatic heterocycles. The highest BCUT2D eigenvalue weighted by Gasteiger charge is 2.18. The number of pyridine rings is 1. The molecule has 1 aromatic rings. The van der Waals surface area contributed by atoms with E-state index in [1.807, 2.05) is 12.1 Å². The largest absolute Gasteiger partial charge is 0.473 e. The van der Waals surface area contributed by atoms with E-state index >= 15 is 0 Å². The van der Waals surface area contributed by atoms with Crippen LogP contribution in [-0.2, 0) is 0 Å². The van der Waals surface area contributed by atoms with Crippen molar-refractivity contribution < 1.29 is 4.74 Å². The monoisotopic (exact) mass is 315 g/mol. The highest BCUT2D eigenvalue weighted by atomic mass is 35.5. The molecule has 0 aliphatic carbocycles. The van der Waals surface area contributed by atoms with Gasteiger partial charge in [0.1, 0.15) is 6.10 Å². The summed E-state index contributed by atoms with van der Waals surface area (Å²) in [7, 11) is 2.13. The minimum absolute atomic E-state index is 0. The number of hydrogen-bond acceptors (Lipinski definition) is 4. The summed E-state index contributed by atoms with van der Waals surface area (Å²) in [4.78, 5) is 6.44. The Labute approximate surface area is 127 Å². The summed E-state index contributed by atoms with van der Waals surface area (Å²) >= 11 is 0. The molecule has 0 radical (unpaired) electrons. The van der Waals surface area contributed by atoms with E-state index in [1.54, 1.807) is 6.20 Å². The van der Waals surface area contributed by atoms with E-state index in [4.69, 9.17) is 10.5 Å². The van der Waals surface area contributed by atoms with Gasteiger partial charge in [0.2, 0.25) is 5.88 Å². The highest BCUT2D eigenvalue weighted by Crippen LogP contribution is 2.21. The number of halogens is 3. The first-order valence-electron chi connectivity index (χ1n) is 5.31. The fraction of sp³-hybridized carbons (Fsp3) is 0.545. The summed E-state index contributed by atoms with van der Waals surface area (Å²) in [5.74, 6) is 0.576. The van der Waals surface area contributed by atoms with Crippen molar-refractivity contribution in [2.45, 2.75) is 18.9 Å². The quantitative estimate of drug-likeness (QED) is 0.910. The van der Waals surface area contributed by atoms with Gasteiger partial charge in [-0.2, -0.15) is 0 Å². The Bertz CT molecular complexity index is 333. The summed E-state index contributed by atoms with van der Waals surface area (Å²) in [5, 5.41) is 0. The third-order valence-electron chi connectivity index (χ3n) is 2.74. The Morgan fingerprint density at radius 2 is 1.89 bits per heavy atom. The van der Waals surface area contributed by atoms with Gasteiger partial charge in [-0.25, -0.2) is 4.98 Å². The maximum Gasteiger partial charge on any atom is 0.237 e. The number of likely N-dealkylation sites (tertiary alicyclic amines) is 1. The summed E-state index contributed by atoms with van der Waals surface area (Å²) in [6, 6.07) is 3.63. The minimum Gasteiger partial charge on any atom is -0.473 e. The zero-order valence-electron chi connectivity index (χ0n) is 10.2. The molecule has 0 saturated carbocycles. The first-order chi connectivity index (χ1) is 7.25. The molecule has 2 heterocycles. The molecule has 0 unspecified atom stereocenters. The smallest absolute Gasteiger partial charge is 0.237 e. The van der Waals surface area contributed by atoms with Crippen LogP contribution < -0.4 is 10.5 Å². The Kier molecular flexibility index (Phi) is 10.5. The lowest BCUT2D eigenvalue weighted by molar-refractivity contribution is 0.111. The molecular weight excluding hydrogens is 296 g/mol. The van der Waals surface area contributed by atoms with Crippen LogP contribution in [0.25, 0.3) is 0 Å². The predicted octanol–water partition coefficient (Wildman–Crippen LogP) is 2.40. The topological polar surface area (TPSA) is 51.4 Å². The van der Waals surface area contributed by atoms with Crippen molar-refractivity contribution in [3.8, 4) is 5.88 Å². The Morgan fingerprint density at radius 1 is 1.28 bits per heavy atom. The summed E-state index contributed by atoms with van der Waals surface area (Å²) in [5.41, 5.74) is 6.39. The average Bonchev–Trinajstić information content (AvgIpc) is 2.25. The molecule has 1 fully saturated rings. The molecule has 1 aliphatic rings. The molecule has 106 valence electrons. The van der Waals surface area contributed by atoms with Crippen molar-refractivity contribution in [3.63, 3.8) is 0 Å². The van der Waals surface area contributed by atoms with Crippen molar-refractivity contribution >= 4 is 42.9 Å². The van der Waals surface area contributed by atoms with E-state index in [1.165, 1.54) is 0 Å². The van der Waals surface area contributed by atoms with Crippen molar-refractivity contribution in [2.75, 3.05) is 25.9 Å². The standard InChI is InChI=1S/C11H17N3O.3ClH/c1-14-7-4-9(5-8-14)15-11-10(12)3-2-6-13-11;;;/h2-3,6,9H,4-5,7-8,12H2,1H3;3*1H. The fourth-order valence-corrected chi connectivity index (χ4v) is 1.76. The average molecular weight is 317 g/mol. The van der Waals surface area contributed by atoms with Gasteiger partial charge in [-0.05, 0) is 32.0 Å². The van der Waals surface area contributed by atoms with Crippen molar-refractivity contribution in [3.05, 3.63) is 18.3 Å². The molecule has 0 bridgehead atoms. The number of hydrogen-bond donors (Lipinski definition) is 1. The Morgan fingerprint density at radius 3 is 2.44 bits per heavy atom. The van der Waals surface area contributed by atoms with Gasteiger partial charge in [0.15, 0.2) is 0 Å². The lowest BCUT2D eigenvalue weighted by Gasteiger charge is -2.29. The van der Waals surface area contributed by atoms with Crippen molar-refractivity contribution in [1.29, 1.82) is 0 Å². The first kappa shape index (κ1) is 19.9. The van der Waals surface area contributed by atoms with Gasteiger partial charge in [-0.15, -0.1) is 37.2 Å². The van der Waals surface area contributed by atoms with Gasteiger partial charge >= 0.3 is 0 Å². The Hall–Kier alpha value is -0.420. The molecule has 18 heavy (non-hydrogen) atoms. The molecule has 2 N–H and O–H groups in total. The molecule has 1 aromatic heterocycles. The van der Waals surface area contributed by atoms with Crippen LogP contribution in [0.1, 0.15) is 12.8 Å². The lowest BCUT2D eigenvalue weighted by Crippen LogP contribution is -2.35. The van der Waals surface area contributed by atoms with E-state index < -0.39 is 0 Å². The minimum atomic E-state index is 0. The van der Waals surface area contributed by atoms with Crippen molar-refractivity contribution in [2.24, 2.45) is 0 Å². The van der Waals surface area contributed by atoms with Gasteiger partial charge < -0.3 is 15.4 Å². The first-order valence-corrected chi connectivity index (χ1v) is 5.31. The van der Waals surface area contributed by atoms with Crippen LogP contribution in [0.4, 0.5) is 5.69 Å². The summed E-state index contributed by atoms with van der Waals surface area (Å²) in [6.45, 7) is 2.16. The van der Waals surface area contributed by atoms with E-state index in [0.29, 0.717) is 11.6 Å². The van der Waals surface area contributed by atoms with Gasteiger partial charge in [-0.1, -0.05) is 0 Å². The number of nitrogens with two attached hydrogens (primary N) is 1. The van der Waals surface area contributed by atoms with Crippen LogP contribution in [-0.4, -0.2) is 36.1 Å². The van der Waals surface area contributed by atoms with Gasteiger partial charge in [-0.3, -0.25) is 0 Å². The van der Waals surface area contributed by atoms with Crippen LogP contribution in [0, 0.1) is 0 Å². The maximum absolute atomic E-state index is 5.77. The van der Waals surface area contributed by atoms with E-state index in [-0.39, 0.29) is 43.3 Å². The number of nitrogens with zero attached hydrogens (tertiary/aromatic N) is 2. The second-order valence-electron chi connectivity index (χ2n) is 4.02. The van der Waals surface area contributed by atoms with Gasteiger partial charge in [0.05, 0.1) is 5.69 Å². The normalized spacial score (nSPS) is 15.8. The second-order valence-corrected chi connectivity index (χ2v) is 4.02. The molecule has 2 rings (SSSR count). The van der Waals surface area contributed by atoms with Gasteiger partial charge in [0.25, 0.3) is 0 Å². The number of rotatable bonds is 2. The number of nitrogen functional groups attached to an aromatic ring is 1. The van der Waals surface area contributed by atoms with Crippen LogP contribution in [0.5, 0.6) is 5.88 Å². The highest BCUT2D eigenvalue weighted by molar-refractivity contribution is 5.86. The Balaban J connectivity index is 0. The zero-order chi connectivity index (χ0) is 10.7. The van der Waals surface area contributed by atoms with Crippen molar-refractivity contribution in [1.82, 2.24) is 9.88 Å². The van der Waals surface area contributed by atoms with Crippen LogP contribution in [0.3, 0.4) is 0 Å². The molecule has 7 heteroatoms. The molecule has 4 nitrogen and oxygen atoms in total. The SMILES string of the molecule is CN1CCC(Oc2ncccc2N)CC1.Cl.Cl.Cl. The van der Waals surface area contributed by atoms with E-state index in [9.17, 15) is 0 Å². The third-order valence-corrected chi connectivity index (χ3v) is 2.74. The summed E-state index contributed by atoms with van der Waals surface area (Å²) < 4.78 is 5.77. The lowest BCUT2D eigenvalue weighted by atomic mass is 10.1. The van der Waals surface area contributed by atoms with Crippen LogP contribution in [0.2, 0.25) is 0 Å².